The molecular formula is C16H20BrClN4O2. The number of ether oxygens (including phenoxy) is 1. The molecule has 1 saturated heterocycles. The molecule has 1 fully saturated rings. The monoisotopic (exact) mass is 414 g/mol. The molecule has 1 aliphatic heterocycles. The van der Waals surface area contributed by atoms with Gasteiger partial charge >= 0.3 is 6.09 Å². The van der Waals surface area contributed by atoms with Gasteiger partial charge in [-0.05, 0) is 49.5 Å². The van der Waals surface area contributed by atoms with Gasteiger partial charge in [0.05, 0.1) is 0 Å². The lowest BCUT2D eigenvalue weighted by Gasteiger charge is -2.33. The van der Waals surface area contributed by atoms with Gasteiger partial charge in [-0.3, -0.25) is 4.40 Å². The van der Waals surface area contributed by atoms with Crippen molar-refractivity contribution in [1.29, 1.82) is 0 Å². The molecule has 2 aromatic rings. The van der Waals surface area contributed by atoms with Crippen molar-refractivity contribution >= 4 is 39.1 Å². The maximum Gasteiger partial charge on any atom is 0.410 e. The van der Waals surface area contributed by atoms with Crippen LogP contribution in [0.4, 0.5) is 4.79 Å². The van der Waals surface area contributed by atoms with Crippen LogP contribution in [0.1, 0.15) is 45.4 Å². The van der Waals surface area contributed by atoms with E-state index in [0.29, 0.717) is 22.8 Å². The first-order valence-corrected chi connectivity index (χ1v) is 9.09. The summed E-state index contributed by atoms with van der Waals surface area (Å²) in [6.07, 6.45) is 5.11. The van der Waals surface area contributed by atoms with Crippen molar-refractivity contribution < 1.29 is 9.53 Å². The Kier molecular flexibility index (Phi) is 4.75. The predicted molar refractivity (Wildman–Crippen MR) is 95.5 cm³/mol. The van der Waals surface area contributed by atoms with Crippen molar-refractivity contribution in [2.24, 2.45) is 0 Å². The van der Waals surface area contributed by atoms with Crippen molar-refractivity contribution in [3.05, 3.63) is 28.0 Å². The molecule has 0 bridgehead atoms. The van der Waals surface area contributed by atoms with Crippen LogP contribution in [0.15, 0.2) is 17.0 Å². The number of carbonyl (C=O) groups is 1. The molecule has 1 atom stereocenters. The fourth-order valence-electron chi connectivity index (χ4n) is 2.95. The number of halogens is 2. The average molecular weight is 416 g/mol. The Bertz CT molecular complexity index is 771. The fourth-order valence-corrected chi connectivity index (χ4v) is 3.86. The van der Waals surface area contributed by atoms with Gasteiger partial charge in [0, 0.05) is 31.4 Å². The highest BCUT2D eigenvalue weighted by molar-refractivity contribution is 9.10. The van der Waals surface area contributed by atoms with Crippen LogP contribution in [0, 0.1) is 0 Å². The quantitative estimate of drug-likeness (QED) is 0.698. The number of imidazole rings is 1. The first kappa shape index (κ1) is 17.5. The second-order valence-electron chi connectivity index (χ2n) is 6.96. The minimum absolute atomic E-state index is 0.128. The molecule has 1 aliphatic rings. The molecule has 6 nitrogen and oxygen atoms in total. The third kappa shape index (κ3) is 3.52. The van der Waals surface area contributed by atoms with Crippen molar-refractivity contribution in [2.75, 3.05) is 13.1 Å². The van der Waals surface area contributed by atoms with Crippen molar-refractivity contribution in [1.82, 2.24) is 19.3 Å². The number of likely N-dealkylation sites (tertiary alicyclic amines) is 1. The Labute approximate surface area is 154 Å². The summed E-state index contributed by atoms with van der Waals surface area (Å²) < 4.78 is 8.11. The fraction of sp³-hybridized carbons (Fsp3) is 0.562. The van der Waals surface area contributed by atoms with E-state index in [9.17, 15) is 4.79 Å². The molecule has 0 spiro atoms. The third-order valence-electron chi connectivity index (χ3n) is 3.93. The average Bonchev–Trinajstić information content (AvgIpc) is 2.84. The summed E-state index contributed by atoms with van der Waals surface area (Å²) in [5.41, 5.74) is 0.259. The highest BCUT2D eigenvalue weighted by atomic mass is 79.9. The number of hydrogen-bond donors (Lipinski definition) is 0. The molecule has 0 aromatic carbocycles. The molecule has 3 rings (SSSR count). The first-order chi connectivity index (χ1) is 11.3. The predicted octanol–water partition coefficient (Wildman–Crippen LogP) is 4.26. The summed E-state index contributed by atoms with van der Waals surface area (Å²) >= 11 is 9.64. The number of piperidine rings is 1. The van der Waals surface area contributed by atoms with Crippen LogP contribution in [0.5, 0.6) is 0 Å². The molecule has 0 unspecified atom stereocenters. The van der Waals surface area contributed by atoms with Gasteiger partial charge in [0.15, 0.2) is 5.15 Å². The topological polar surface area (TPSA) is 59.7 Å². The van der Waals surface area contributed by atoms with Crippen LogP contribution >= 0.6 is 27.5 Å². The van der Waals surface area contributed by atoms with Gasteiger partial charge in [-0.1, -0.05) is 11.6 Å². The highest BCUT2D eigenvalue weighted by Gasteiger charge is 2.31. The Morgan fingerprint density at radius 1 is 1.46 bits per heavy atom. The highest BCUT2D eigenvalue weighted by Crippen LogP contribution is 2.32. The van der Waals surface area contributed by atoms with Gasteiger partial charge in [0.2, 0.25) is 0 Å². The second kappa shape index (κ2) is 6.52. The number of amides is 1. The van der Waals surface area contributed by atoms with E-state index in [1.165, 1.54) is 0 Å². The zero-order valence-electron chi connectivity index (χ0n) is 13.9. The van der Waals surface area contributed by atoms with E-state index in [-0.39, 0.29) is 12.0 Å². The van der Waals surface area contributed by atoms with Gasteiger partial charge in [-0.15, -0.1) is 0 Å². The summed E-state index contributed by atoms with van der Waals surface area (Å²) in [6, 6.07) is 0. The van der Waals surface area contributed by atoms with E-state index < -0.39 is 5.60 Å². The summed E-state index contributed by atoms with van der Waals surface area (Å²) in [4.78, 5) is 22.8. The molecule has 8 heteroatoms. The van der Waals surface area contributed by atoms with Crippen LogP contribution in [-0.4, -0.2) is 44.1 Å². The van der Waals surface area contributed by atoms with E-state index in [0.717, 1.165) is 24.2 Å². The van der Waals surface area contributed by atoms with Crippen molar-refractivity contribution in [2.45, 2.75) is 45.1 Å². The molecule has 0 radical (unpaired) electrons. The largest absolute Gasteiger partial charge is 0.444 e. The Morgan fingerprint density at radius 3 is 2.92 bits per heavy atom. The first-order valence-electron chi connectivity index (χ1n) is 7.92. The molecule has 1 amide bonds. The Hall–Kier alpha value is -1.34. The van der Waals surface area contributed by atoms with E-state index >= 15 is 0 Å². The molecule has 3 heterocycles. The van der Waals surface area contributed by atoms with E-state index in [4.69, 9.17) is 16.3 Å². The number of carbonyl (C=O) groups excluding carboxylic acids is 1. The van der Waals surface area contributed by atoms with Crippen LogP contribution in [0.3, 0.4) is 0 Å². The van der Waals surface area contributed by atoms with Gasteiger partial charge < -0.3 is 9.64 Å². The Balaban J connectivity index is 1.86. The summed E-state index contributed by atoms with van der Waals surface area (Å²) in [5, 5.41) is 0.405. The third-order valence-corrected chi connectivity index (χ3v) is 4.76. The SMILES string of the molecule is CC(C)(C)OC(=O)N1CCC[C@@H](c2nc(Br)c3c(Cl)nccn23)C1. The molecule has 130 valence electrons. The lowest BCUT2D eigenvalue weighted by molar-refractivity contribution is 0.0196. The normalized spacial score (nSPS) is 18.9. The Morgan fingerprint density at radius 2 is 2.21 bits per heavy atom. The van der Waals surface area contributed by atoms with Crippen LogP contribution in [-0.2, 0) is 4.74 Å². The van der Waals surface area contributed by atoms with E-state index in [1.807, 2.05) is 31.4 Å². The summed E-state index contributed by atoms with van der Waals surface area (Å²) in [7, 11) is 0. The van der Waals surface area contributed by atoms with Crippen molar-refractivity contribution in [3.63, 3.8) is 0 Å². The smallest absolute Gasteiger partial charge is 0.410 e. The maximum atomic E-state index is 12.3. The van der Waals surface area contributed by atoms with E-state index in [2.05, 4.69) is 25.9 Å². The lowest BCUT2D eigenvalue weighted by Crippen LogP contribution is -2.42. The van der Waals surface area contributed by atoms with Crippen LogP contribution in [0.2, 0.25) is 5.15 Å². The second-order valence-corrected chi connectivity index (χ2v) is 8.07. The number of hydrogen-bond acceptors (Lipinski definition) is 4. The van der Waals surface area contributed by atoms with Crippen LogP contribution in [0.25, 0.3) is 5.52 Å². The number of rotatable bonds is 1. The summed E-state index contributed by atoms with van der Waals surface area (Å²) in [6.45, 7) is 6.92. The molecule has 0 aliphatic carbocycles. The van der Waals surface area contributed by atoms with Crippen molar-refractivity contribution in [3.8, 4) is 0 Å². The standard InChI is InChI=1S/C16H20BrClN4O2/c1-16(2,3)24-15(23)21-7-4-5-10(9-21)14-20-12(17)11-13(18)19-6-8-22(11)14/h6,8,10H,4-5,7,9H2,1-3H3/t10-/m1/s1. The van der Waals surface area contributed by atoms with Crippen LogP contribution < -0.4 is 0 Å². The summed E-state index contributed by atoms with van der Waals surface area (Å²) in [5.74, 6) is 1.01. The van der Waals surface area contributed by atoms with Gasteiger partial charge in [0.25, 0.3) is 0 Å². The minimum Gasteiger partial charge on any atom is -0.444 e. The van der Waals surface area contributed by atoms with Gasteiger partial charge in [0.1, 0.15) is 21.5 Å². The molecule has 2 aromatic heterocycles. The van der Waals surface area contributed by atoms with E-state index in [1.54, 1.807) is 11.1 Å². The minimum atomic E-state index is -0.494. The molecule has 0 saturated carbocycles. The zero-order chi connectivity index (χ0) is 17.5. The molecular weight excluding hydrogens is 396 g/mol. The maximum absolute atomic E-state index is 12.3. The van der Waals surface area contributed by atoms with Gasteiger partial charge in [-0.25, -0.2) is 14.8 Å². The lowest BCUT2D eigenvalue weighted by atomic mass is 9.97. The number of fused-ring (bicyclic) bond motifs is 1. The number of nitrogens with zero attached hydrogens (tertiary/aromatic N) is 4. The molecule has 24 heavy (non-hydrogen) atoms. The number of aromatic nitrogens is 3. The zero-order valence-corrected chi connectivity index (χ0v) is 16.3. The van der Waals surface area contributed by atoms with Gasteiger partial charge in [-0.2, -0.15) is 0 Å². The molecule has 0 N–H and O–H groups in total.